The SMILES string of the molecule is CCc1cc(NN)c2cccc(OC(F)(F)F)c2n1. The molecule has 0 bridgehead atoms. The molecule has 0 saturated carbocycles. The first-order chi connectivity index (χ1) is 8.94. The van der Waals surface area contributed by atoms with E-state index < -0.39 is 6.36 Å². The number of hydrogen-bond donors (Lipinski definition) is 2. The van der Waals surface area contributed by atoms with Crippen LogP contribution in [-0.2, 0) is 6.42 Å². The highest BCUT2D eigenvalue weighted by Crippen LogP contribution is 2.32. The molecular formula is C12H12F3N3O. The molecule has 1 aromatic heterocycles. The number of aromatic nitrogens is 1. The maximum absolute atomic E-state index is 12.3. The summed E-state index contributed by atoms with van der Waals surface area (Å²) in [5.74, 6) is 5.04. The number of ether oxygens (including phenoxy) is 1. The summed E-state index contributed by atoms with van der Waals surface area (Å²) in [5, 5.41) is 0.474. The largest absolute Gasteiger partial charge is 0.573 e. The third-order valence-corrected chi connectivity index (χ3v) is 2.60. The summed E-state index contributed by atoms with van der Waals surface area (Å²) in [6, 6.07) is 6.00. The zero-order chi connectivity index (χ0) is 14.0. The lowest BCUT2D eigenvalue weighted by molar-refractivity contribution is -0.274. The standard InChI is InChI=1S/C12H12F3N3O/c1-2-7-6-9(18-16)8-4-3-5-10(11(8)17-7)19-12(13,14)15/h3-6H,2,16H2,1H3,(H,17,18). The van der Waals surface area contributed by atoms with E-state index >= 15 is 0 Å². The van der Waals surface area contributed by atoms with E-state index in [9.17, 15) is 13.2 Å². The number of hydrogen-bond acceptors (Lipinski definition) is 4. The fraction of sp³-hybridized carbons (Fsp3) is 0.250. The molecule has 102 valence electrons. The topological polar surface area (TPSA) is 60.2 Å². The van der Waals surface area contributed by atoms with Gasteiger partial charge in [-0.25, -0.2) is 4.98 Å². The smallest absolute Gasteiger partial charge is 0.403 e. The Morgan fingerprint density at radius 3 is 2.68 bits per heavy atom. The predicted octanol–water partition coefficient (Wildman–Crippen LogP) is 2.98. The molecule has 0 saturated heterocycles. The zero-order valence-electron chi connectivity index (χ0n) is 10.1. The minimum absolute atomic E-state index is 0.132. The number of halogens is 3. The second kappa shape index (κ2) is 4.93. The van der Waals surface area contributed by atoms with Crippen molar-refractivity contribution >= 4 is 16.6 Å². The number of nitrogens with two attached hydrogens (primary N) is 1. The fourth-order valence-corrected chi connectivity index (χ4v) is 1.78. The van der Waals surface area contributed by atoms with Gasteiger partial charge in [0.05, 0.1) is 5.69 Å². The summed E-state index contributed by atoms with van der Waals surface area (Å²) < 4.78 is 41.0. The van der Waals surface area contributed by atoms with Crippen LogP contribution in [0.15, 0.2) is 24.3 Å². The Bertz CT molecular complexity index is 599. The van der Waals surface area contributed by atoms with E-state index in [1.807, 2.05) is 6.92 Å². The molecule has 7 heteroatoms. The van der Waals surface area contributed by atoms with Crippen LogP contribution < -0.4 is 16.0 Å². The Morgan fingerprint density at radius 1 is 1.37 bits per heavy atom. The van der Waals surface area contributed by atoms with Crippen molar-refractivity contribution < 1.29 is 17.9 Å². The number of anilines is 1. The van der Waals surface area contributed by atoms with Gasteiger partial charge in [-0.05, 0) is 18.6 Å². The van der Waals surface area contributed by atoms with Crippen molar-refractivity contribution in [3.05, 3.63) is 30.0 Å². The number of alkyl halides is 3. The van der Waals surface area contributed by atoms with Crippen molar-refractivity contribution in [2.24, 2.45) is 5.84 Å². The van der Waals surface area contributed by atoms with Gasteiger partial charge < -0.3 is 10.2 Å². The first kappa shape index (κ1) is 13.4. The highest BCUT2D eigenvalue weighted by Gasteiger charge is 2.32. The van der Waals surface area contributed by atoms with E-state index in [0.717, 1.165) is 0 Å². The molecule has 2 rings (SSSR count). The first-order valence-electron chi connectivity index (χ1n) is 5.59. The number of nitrogens with zero attached hydrogens (tertiary/aromatic N) is 1. The van der Waals surface area contributed by atoms with Crippen LogP contribution in [-0.4, -0.2) is 11.3 Å². The fourth-order valence-electron chi connectivity index (χ4n) is 1.78. The van der Waals surface area contributed by atoms with E-state index in [4.69, 9.17) is 5.84 Å². The van der Waals surface area contributed by atoms with Gasteiger partial charge in [0.2, 0.25) is 0 Å². The maximum Gasteiger partial charge on any atom is 0.573 e. The Morgan fingerprint density at radius 2 is 2.11 bits per heavy atom. The number of benzene rings is 1. The lowest BCUT2D eigenvalue weighted by Gasteiger charge is -2.13. The van der Waals surface area contributed by atoms with Crippen molar-refractivity contribution in [3.63, 3.8) is 0 Å². The molecule has 0 radical (unpaired) electrons. The van der Waals surface area contributed by atoms with Gasteiger partial charge in [0, 0.05) is 11.1 Å². The van der Waals surface area contributed by atoms with Crippen LogP contribution in [0.25, 0.3) is 10.9 Å². The molecule has 0 fully saturated rings. The van der Waals surface area contributed by atoms with E-state index in [0.29, 0.717) is 23.2 Å². The minimum atomic E-state index is -4.76. The molecule has 4 nitrogen and oxygen atoms in total. The van der Waals surface area contributed by atoms with E-state index in [-0.39, 0.29) is 11.3 Å². The van der Waals surface area contributed by atoms with Crippen LogP contribution in [0.3, 0.4) is 0 Å². The summed E-state index contributed by atoms with van der Waals surface area (Å²) in [7, 11) is 0. The number of aryl methyl sites for hydroxylation is 1. The third-order valence-electron chi connectivity index (χ3n) is 2.60. The average Bonchev–Trinajstić information content (AvgIpc) is 2.36. The summed E-state index contributed by atoms with van der Waals surface area (Å²) >= 11 is 0. The second-order valence-corrected chi connectivity index (χ2v) is 3.86. The Kier molecular flexibility index (Phi) is 3.48. The summed E-state index contributed by atoms with van der Waals surface area (Å²) in [6.45, 7) is 1.85. The first-order valence-corrected chi connectivity index (χ1v) is 5.59. The normalized spacial score (nSPS) is 11.6. The highest BCUT2D eigenvalue weighted by atomic mass is 19.4. The van der Waals surface area contributed by atoms with Crippen LogP contribution in [0.5, 0.6) is 5.75 Å². The summed E-state index contributed by atoms with van der Waals surface area (Å²) in [6.07, 6.45) is -4.18. The number of rotatable bonds is 3. The van der Waals surface area contributed by atoms with Gasteiger partial charge in [-0.2, -0.15) is 0 Å². The molecule has 0 aliphatic rings. The lowest BCUT2D eigenvalue weighted by Crippen LogP contribution is -2.17. The van der Waals surface area contributed by atoms with Crippen LogP contribution in [0.1, 0.15) is 12.6 Å². The molecule has 0 unspecified atom stereocenters. The minimum Gasteiger partial charge on any atom is -0.403 e. The number of para-hydroxylation sites is 1. The van der Waals surface area contributed by atoms with Gasteiger partial charge in [0.15, 0.2) is 5.75 Å². The molecule has 0 atom stereocenters. The van der Waals surface area contributed by atoms with Crippen LogP contribution in [0.4, 0.5) is 18.9 Å². The van der Waals surface area contributed by atoms with Crippen LogP contribution in [0.2, 0.25) is 0 Å². The predicted molar refractivity (Wildman–Crippen MR) is 65.6 cm³/mol. The molecule has 1 heterocycles. The average molecular weight is 271 g/mol. The molecule has 0 spiro atoms. The monoisotopic (exact) mass is 271 g/mol. The number of nitrogens with one attached hydrogen (secondary N) is 1. The molecule has 0 aliphatic heterocycles. The van der Waals surface area contributed by atoms with Crippen molar-refractivity contribution in [3.8, 4) is 5.75 Å². The van der Waals surface area contributed by atoms with E-state index in [1.54, 1.807) is 12.1 Å². The van der Waals surface area contributed by atoms with Gasteiger partial charge >= 0.3 is 6.36 Å². The Labute approximate surface area is 107 Å². The molecule has 0 aliphatic carbocycles. The molecule has 0 amide bonds. The van der Waals surface area contributed by atoms with E-state index in [1.165, 1.54) is 12.1 Å². The van der Waals surface area contributed by atoms with Crippen LogP contribution in [0, 0.1) is 0 Å². The van der Waals surface area contributed by atoms with Crippen molar-refractivity contribution in [2.75, 3.05) is 5.43 Å². The number of hydrazine groups is 1. The molecular weight excluding hydrogens is 259 g/mol. The number of nitrogen functional groups attached to an aromatic ring is 1. The van der Waals surface area contributed by atoms with Crippen molar-refractivity contribution in [1.82, 2.24) is 4.98 Å². The third kappa shape index (κ3) is 2.87. The van der Waals surface area contributed by atoms with Gasteiger partial charge in [-0.1, -0.05) is 19.1 Å². The van der Waals surface area contributed by atoms with Gasteiger partial charge in [-0.3, -0.25) is 5.84 Å². The van der Waals surface area contributed by atoms with Crippen molar-refractivity contribution in [2.45, 2.75) is 19.7 Å². The summed E-state index contributed by atoms with van der Waals surface area (Å²) in [4.78, 5) is 4.17. The Balaban J connectivity index is 2.65. The molecule has 19 heavy (non-hydrogen) atoms. The highest BCUT2D eigenvalue weighted by molar-refractivity contribution is 5.94. The molecule has 1 aromatic carbocycles. The van der Waals surface area contributed by atoms with Crippen molar-refractivity contribution in [1.29, 1.82) is 0 Å². The van der Waals surface area contributed by atoms with Gasteiger partial charge in [-0.15, -0.1) is 13.2 Å². The quantitative estimate of drug-likeness (QED) is 0.665. The van der Waals surface area contributed by atoms with Gasteiger partial charge in [0.25, 0.3) is 0 Å². The lowest BCUT2D eigenvalue weighted by atomic mass is 10.1. The Hall–Kier alpha value is -2.02. The maximum atomic E-state index is 12.3. The second-order valence-electron chi connectivity index (χ2n) is 3.86. The molecule has 2 aromatic rings. The summed E-state index contributed by atoms with van der Waals surface area (Å²) in [5.41, 5.74) is 3.72. The molecule has 3 N–H and O–H groups in total. The zero-order valence-corrected chi connectivity index (χ0v) is 10.1. The number of fused-ring (bicyclic) bond motifs is 1. The van der Waals surface area contributed by atoms with E-state index in [2.05, 4.69) is 15.1 Å². The van der Waals surface area contributed by atoms with Gasteiger partial charge in [0.1, 0.15) is 5.52 Å². The number of pyridine rings is 1. The van der Waals surface area contributed by atoms with Crippen LogP contribution >= 0.6 is 0 Å².